The second-order valence-corrected chi connectivity index (χ2v) is 6.26. The summed E-state index contributed by atoms with van der Waals surface area (Å²) in [7, 11) is 0. The van der Waals surface area contributed by atoms with Crippen molar-refractivity contribution in [3.63, 3.8) is 0 Å². The second-order valence-electron chi connectivity index (χ2n) is 6.26. The minimum Gasteiger partial charge on any atom is -0.357 e. The van der Waals surface area contributed by atoms with Crippen molar-refractivity contribution in [2.75, 3.05) is 18.0 Å². The first-order valence-corrected chi connectivity index (χ1v) is 8.25. The summed E-state index contributed by atoms with van der Waals surface area (Å²) in [5, 5.41) is 9.36. The molecule has 24 heavy (non-hydrogen) atoms. The predicted octanol–water partition coefficient (Wildman–Crippen LogP) is 3.20. The van der Waals surface area contributed by atoms with Crippen LogP contribution in [0.1, 0.15) is 41.7 Å². The van der Waals surface area contributed by atoms with Crippen molar-refractivity contribution in [2.45, 2.75) is 25.7 Å². The smallest absolute Gasteiger partial charge is 0.187 e. The van der Waals surface area contributed by atoms with Crippen LogP contribution in [0.25, 0.3) is 0 Å². The molecule has 122 valence electrons. The van der Waals surface area contributed by atoms with Gasteiger partial charge in [0, 0.05) is 31.0 Å². The molecule has 2 aromatic heterocycles. The molecule has 0 unspecified atom stereocenters. The fourth-order valence-electron chi connectivity index (χ4n) is 2.93. The minimum absolute atomic E-state index is 0.262. The molecule has 1 atom stereocenters. The summed E-state index contributed by atoms with van der Waals surface area (Å²) < 4.78 is 0. The van der Waals surface area contributed by atoms with E-state index in [0.717, 1.165) is 24.8 Å². The molecular weight excluding hydrogens is 300 g/mol. The van der Waals surface area contributed by atoms with Crippen molar-refractivity contribution in [3.8, 4) is 6.07 Å². The zero-order chi connectivity index (χ0) is 16.9. The van der Waals surface area contributed by atoms with Crippen molar-refractivity contribution >= 4 is 11.6 Å². The maximum Gasteiger partial charge on any atom is 0.187 e. The Kier molecular flexibility index (Phi) is 4.85. The molecule has 3 rings (SSSR count). The molecule has 0 aromatic carbocycles. The summed E-state index contributed by atoms with van der Waals surface area (Å²) in [5.74, 6) is 0.499. The molecule has 1 fully saturated rings. The summed E-state index contributed by atoms with van der Waals surface area (Å²) in [4.78, 5) is 23.4. The zero-order valence-electron chi connectivity index (χ0n) is 13.7. The zero-order valence-corrected chi connectivity index (χ0v) is 13.7. The van der Waals surface area contributed by atoms with Crippen LogP contribution in [-0.4, -0.2) is 28.8 Å². The fraction of sp³-hybridized carbons (Fsp3) is 0.368. The van der Waals surface area contributed by atoms with Crippen molar-refractivity contribution in [1.29, 1.82) is 5.26 Å². The maximum atomic E-state index is 12.6. The Balaban J connectivity index is 1.75. The standard InChI is InChI=1S/C19H20N4O/c1-14-7-10-23(11-8-14)18-6-5-15(13-22-18)19(24)16(12-20)17-4-2-3-9-21-17/h2-6,9,13-14,16H,7-8,10-11H2,1H3/t16-/m1/s1. The lowest BCUT2D eigenvalue weighted by Crippen LogP contribution is -2.33. The van der Waals surface area contributed by atoms with Gasteiger partial charge in [-0.05, 0) is 43.0 Å². The van der Waals surface area contributed by atoms with E-state index in [9.17, 15) is 10.1 Å². The lowest BCUT2D eigenvalue weighted by molar-refractivity contribution is 0.0977. The minimum atomic E-state index is -0.894. The Morgan fingerprint density at radius 2 is 2.04 bits per heavy atom. The largest absolute Gasteiger partial charge is 0.357 e. The molecule has 5 nitrogen and oxygen atoms in total. The van der Waals surface area contributed by atoms with Gasteiger partial charge in [0.25, 0.3) is 0 Å². The normalized spacial score (nSPS) is 16.4. The summed E-state index contributed by atoms with van der Waals surface area (Å²) in [6.45, 7) is 4.26. The van der Waals surface area contributed by atoms with E-state index in [-0.39, 0.29) is 5.78 Å². The number of hydrogen-bond acceptors (Lipinski definition) is 5. The van der Waals surface area contributed by atoms with Crippen molar-refractivity contribution in [3.05, 3.63) is 54.0 Å². The molecule has 0 spiro atoms. The number of piperidine rings is 1. The number of Topliss-reactive ketones (excluding diaryl/α,β-unsaturated/α-hetero) is 1. The molecule has 1 aliphatic heterocycles. The fourth-order valence-corrected chi connectivity index (χ4v) is 2.93. The molecule has 0 saturated carbocycles. The number of carbonyl (C=O) groups excluding carboxylic acids is 1. The van der Waals surface area contributed by atoms with Gasteiger partial charge in [0.15, 0.2) is 11.7 Å². The van der Waals surface area contributed by atoms with E-state index < -0.39 is 5.92 Å². The Labute approximate surface area is 142 Å². The van der Waals surface area contributed by atoms with Crippen LogP contribution < -0.4 is 4.90 Å². The number of aromatic nitrogens is 2. The Morgan fingerprint density at radius 1 is 1.25 bits per heavy atom. The van der Waals surface area contributed by atoms with Crippen LogP contribution in [0.3, 0.4) is 0 Å². The molecule has 0 aliphatic carbocycles. The SMILES string of the molecule is CC1CCN(c2ccc(C(=O)[C@H](C#N)c3ccccn3)cn2)CC1. The van der Waals surface area contributed by atoms with Crippen LogP contribution >= 0.6 is 0 Å². The molecule has 3 heterocycles. The summed E-state index contributed by atoms with van der Waals surface area (Å²) in [5.41, 5.74) is 0.917. The van der Waals surface area contributed by atoms with Gasteiger partial charge >= 0.3 is 0 Å². The summed E-state index contributed by atoms with van der Waals surface area (Å²) in [6, 6.07) is 10.9. The van der Waals surface area contributed by atoms with Crippen molar-refractivity contribution in [2.24, 2.45) is 5.92 Å². The van der Waals surface area contributed by atoms with Gasteiger partial charge in [-0.15, -0.1) is 0 Å². The number of ketones is 1. The van der Waals surface area contributed by atoms with Gasteiger partial charge in [0.1, 0.15) is 5.82 Å². The average molecular weight is 320 g/mol. The van der Waals surface area contributed by atoms with E-state index in [4.69, 9.17) is 0 Å². The van der Waals surface area contributed by atoms with Gasteiger partial charge in [-0.1, -0.05) is 13.0 Å². The number of rotatable bonds is 4. The molecular formula is C19H20N4O. The van der Waals surface area contributed by atoms with E-state index in [1.807, 2.05) is 12.1 Å². The maximum absolute atomic E-state index is 12.6. The number of anilines is 1. The van der Waals surface area contributed by atoms with E-state index in [1.165, 1.54) is 12.8 Å². The molecule has 1 aliphatic rings. The number of nitrogens with zero attached hydrogens (tertiary/aromatic N) is 4. The highest BCUT2D eigenvalue weighted by Gasteiger charge is 2.24. The first kappa shape index (κ1) is 16.1. The average Bonchev–Trinajstić information content (AvgIpc) is 2.64. The number of nitriles is 1. The monoisotopic (exact) mass is 320 g/mol. The molecule has 0 N–H and O–H groups in total. The third-order valence-electron chi connectivity index (χ3n) is 4.51. The molecule has 0 amide bonds. The topological polar surface area (TPSA) is 69.9 Å². The first-order valence-electron chi connectivity index (χ1n) is 8.25. The molecule has 5 heteroatoms. The summed E-state index contributed by atoms with van der Waals surface area (Å²) in [6.07, 6.45) is 5.49. The van der Waals surface area contributed by atoms with E-state index >= 15 is 0 Å². The van der Waals surface area contributed by atoms with Gasteiger partial charge < -0.3 is 4.90 Å². The van der Waals surface area contributed by atoms with Gasteiger partial charge in [-0.25, -0.2) is 4.98 Å². The summed E-state index contributed by atoms with van der Waals surface area (Å²) >= 11 is 0. The van der Waals surface area contributed by atoms with Crippen molar-refractivity contribution < 1.29 is 4.79 Å². The van der Waals surface area contributed by atoms with Gasteiger partial charge in [0.05, 0.1) is 11.8 Å². The van der Waals surface area contributed by atoms with Crippen LogP contribution in [0.2, 0.25) is 0 Å². The third-order valence-corrected chi connectivity index (χ3v) is 4.51. The lowest BCUT2D eigenvalue weighted by atomic mass is 9.96. The van der Waals surface area contributed by atoms with Crippen LogP contribution in [0.15, 0.2) is 42.7 Å². The predicted molar refractivity (Wildman–Crippen MR) is 91.8 cm³/mol. The molecule has 0 radical (unpaired) electrons. The number of carbonyl (C=O) groups is 1. The van der Waals surface area contributed by atoms with Crippen molar-refractivity contribution in [1.82, 2.24) is 9.97 Å². The van der Waals surface area contributed by atoms with E-state index in [2.05, 4.69) is 21.8 Å². The Bertz CT molecular complexity index is 728. The van der Waals surface area contributed by atoms with Crippen LogP contribution in [-0.2, 0) is 0 Å². The van der Waals surface area contributed by atoms with E-state index in [0.29, 0.717) is 11.3 Å². The van der Waals surface area contributed by atoms with Gasteiger partial charge in [0.2, 0.25) is 0 Å². The first-order chi connectivity index (χ1) is 11.7. The Morgan fingerprint density at radius 3 is 2.62 bits per heavy atom. The third kappa shape index (κ3) is 3.43. The second kappa shape index (κ2) is 7.22. The highest BCUT2D eigenvalue weighted by Crippen LogP contribution is 2.23. The molecule has 1 saturated heterocycles. The number of hydrogen-bond donors (Lipinski definition) is 0. The van der Waals surface area contributed by atoms with Crippen LogP contribution in [0.5, 0.6) is 0 Å². The van der Waals surface area contributed by atoms with Crippen LogP contribution in [0.4, 0.5) is 5.82 Å². The lowest BCUT2D eigenvalue weighted by Gasteiger charge is -2.31. The van der Waals surface area contributed by atoms with Crippen LogP contribution in [0, 0.1) is 17.2 Å². The van der Waals surface area contributed by atoms with E-state index in [1.54, 1.807) is 36.7 Å². The van der Waals surface area contributed by atoms with Gasteiger partial charge in [-0.3, -0.25) is 9.78 Å². The molecule has 2 aromatic rings. The Hall–Kier alpha value is -2.74. The molecule has 0 bridgehead atoms. The highest BCUT2D eigenvalue weighted by atomic mass is 16.1. The number of pyridine rings is 2. The quantitative estimate of drug-likeness (QED) is 0.809. The van der Waals surface area contributed by atoms with Gasteiger partial charge in [-0.2, -0.15) is 5.26 Å². The highest BCUT2D eigenvalue weighted by molar-refractivity contribution is 6.02.